The van der Waals surface area contributed by atoms with Crippen molar-refractivity contribution < 1.29 is 4.79 Å². The average Bonchev–Trinajstić information content (AvgIpc) is 3.00. The van der Waals surface area contributed by atoms with Crippen LogP contribution in [0.2, 0.25) is 0 Å². The number of benzene rings is 3. The van der Waals surface area contributed by atoms with E-state index in [0.29, 0.717) is 0 Å². The predicted molar refractivity (Wildman–Crippen MR) is 112 cm³/mol. The van der Waals surface area contributed by atoms with Crippen LogP contribution in [0, 0.1) is 0 Å². The number of anilines is 1. The minimum atomic E-state index is 0.134. The Bertz CT molecular complexity index is 1000. The Labute approximate surface area is 158 Å². The number of allylic oxidation sites excluding steroid dienone is 1. The third-order valence-electron chi connectivity index (χ3n) is 4.88. The molecule has 2 nitrogen and oxygen atoms in total. The van der Waals surface area contributed by atoms with Crippen LogP contribution in [0.4, 0.5) is 5.69 Å². The number of Topliss-reactive ketones (excluding diaryl/α,β-unsaturated/α-hetero) is 1. The lowest BCUT2D eigenvalue weighted by molar-refractivity contribution is 0.104. The zero-order valence-electron chi connectivity index (χ0n) is 15.0. The van der Waals surface area contributed by atoms with Crippen molar-refractivity contribution in [2.24, 2.45) is 0 Å². The summed E-state index contributed by atoms with van der Waals surface area (Å²) in [5.41, 5.74) is 3.13. The second-order valence-corrected chi connectivity index (χ2v) is 7.45. The number of hydrogen-bond acceptors (Lipinski definition) is 3. The van der Waals surface area contributed by atoms with Gasteiger partial charge in [-0.25, -0.2) is 0 Å². The van der Waals surface area contributed by atoms with Crippen LogP contribution in [0.25, 0.3) is 16.8 Å². The smallest absolute Gasteiger partial charge is 0.201 e. The maximum atomic E-state index is 13.0. The van der Waals surface area contributed by atoms with Gasteiger partial charge in [0.15, 0.2) is 0 Å². The van der Waals surface area contributed by atoms with Gasteiger partial charge in [0.1, 0.15) is 0 Å². The van der Waals surface area contributed by atoms with E-state index in [9.17, 15) is 4.79 Å². The molecule has 0 N–H and O–H groups in total. The summed E-state index contributed by atoms with van der Waals surface area (Å²) in [6, 6.07) is 20.7. The van der Waals surface area contributed by atoms with Gasteiger partial charge in [-0.3, -0.25) is 4.79 Å². The molecule has 4 rings (SSSR count). The zero-order valence-corrected chi connectivity index (χ0v) is 15.8. The number of nitrogens with zero attached hydrogens (tertiary/aromatic N) is 1. The van der Waals surface area contributed by atoms with Crippen LogP contribution in [-0.4, -0.2) is 18.9 Å². The number of fused-ring (bicyclic) bond motifs is 3. The maximum absolute atomic E-state index is 13.0. The van der Waals surface area contributed by atoms with Gasteiger partial charge in [-0.05, 0) is 54.5 Å². The van der Waals surface area contributed by atoms with Crippen molar-refractivity contribution in [3.63, 3.8) is 0 Å². The number of carbonyl (C=O) groups excluding carboxylic acids is 1. The molecule has 0 saturated carbocycles. The first-order valence-electron chi connectivity index (χ1n) is 9.02. The summed E-state index contributed by atoms with van der Waals surface area (Å²) in [4.78, 5) is 17.2. The van der Waals surface area contributed by atoms with Crippen molar-refractivity contribution in [3.8, 4) is 0 Å². The highest BCUT2D eigenvalue weighted by Crippen LogP contribution is 2.43. The number of hydrogen-bond donors (Lipinski definition) is 0. The van der Waals surface area contributed by atoms with Gasteiger partial charge >= 0.3 is 0 Å². The number of ketones is 1. The SMILES string of the molecule is CCN(CC)c1ccc(C=C2Sc3ccc4ccccc4c3C2=O)cc1. The molecule has 0 bridgehead atoms. The van der Waals surface area contributed by atoms with Crippen LogP contribution in [0.3, 0.4) is 0 Å². The molecule has 1 aliphatic rings. The molecule has 26 heavy (non-hydrogen) atoms. The molecular formula is C23H21NOS. The Kier molecular flexibility index (Phi) is 4.56. The first-order chi connectivity index (χ1) is 12.7. The Balaban J connectivity index is 1.67. The first-order valence-corrected chi connectivity index (χ1v) is 9.84. The van der Waals surface area contributed by atoms with Crippen molar-refractivity contribution in [1.29, 1.82) is 0 Å². The maximum Gasteiger partial charge on any atom is 0.201 e. The van der Waals surface area contributed by atoms with Crippen LogP contribution in [0.1, 0.15) is 29.8 Å². The van der Waals surface area contributed by atoms with E-state index in [0.717, 1.165) is 44.8 Å². The van der Waals surface area contributed by atoms with Gasteiger partial charge in [-0.15, -0.1) is 0 Å². The number of rotatable bonds is 4. The molecule has 130 valence electrons. The van der Waals surface area contributed by atoms with Gasteiger partial charge in [0.25, 0.3) is 0 Å². The average molecular weight is 359 g/mol. The summed E-state index contributed by atoms with van der Waals surface area (Å²) >= 11 is 1.57. The molecule has 0 fully saturated rings. The van der Waals surface area contributed by atoms with Crippen LogP contribution in [-0.2, 0) is 0 Å². The highest BCUT2D eigenvalue weighted by Gasteiger charge is 2.27. The molecule has 3 aromatic rings. The van der Waals surface area contributed by atoms with E-state index in [4.69, 9.17) is 0 Å². The summed E-state index contributed by atoms with van der Waals surface area (Å²) < 4.78 is 0. The Morgan fingerprint density at radius 1 is 0.923 bits per heavy atom. The van der Waals surface area contributed by atoms with Gasteiger partial charge in [-0.2, -0.15) is 0 Å². The molecule has 3 aromatic carbocycles. The molecule has 0 radical (unpaired) electrons. The highest BCUT2D eigenvalue weighted by molar-refractivity contribution is 8.04. The first kappa shape index (κ1) is 16.9. The molecule has 0 aromatic heterocycles. The van der Waals surface area contributed by atoms with E-state index in [-0.39, 0.29) is 5.78 Å². The molecule has 0 spiro atoms. The summed E-state index contributed by atoms with van der Waals surface area (Å²) in [6.07, 6.45) is 2.01. The third-order valence-corrected chi connectivity index (χ3v) is 5.96. The molecule has 0 aliphatic carbocycles. The van der Waals surface area contributed by atoms with E-state index < -0.39 is 0 Å². The van der Waals surface area contributed by atoms with Gasteiger partial charge in [0.2, 0.25) is 5.78 Å². The van der Waals surface area contributed by atoms with Gasteiger partial charge in [-0.1, -0.05) is 54.2 Å². The quantitative estimate of drug-likeness (QED) is 0.532. The van der Waals surface area contributed by atoms with E-state index in [2.05, 4.69) is 61.2 Å². The fourth-order valence-electron chi connectivity index (χ4n) is 3.48. The minimum absolute atomic E-state index is 0.134. The predicted octanol–water partition coefficient (Wildman–Crippen LogP) is 6.02. The molecule has 1 aliphatic heterocycles. The zero-order chi connectivity index (χ0) is 18.1. The van der Waals surface area contributed by atoms with Crippen LogP contribution < -0.4 is 4.90 Å². The van der Waals surface area contributed by atoms with Crippen molar-refractivity contribution in [3.05, 3.63) is 76.7 Å². The Morgan fingerprint density at radius 3 is 2.38 bits per heavy atom. The summed E-state index contributed by atoms with van der Waals surface area (Å²) in [5.74, 6) is 0.134. The monoisotopic (exact) mass is 359 g/mol. The summed E-state index contributed by atoms with van der Waals surface area (Å²) in [6.45, 7) is 6.31. The van der Waals surface area contributed by atoms with Gasteiger partial charge < -0.3 is 4.90 Å². The fraction of sp³-hybridized carbons (Fsp3) is 0.174. The lowest BCUT2D eigenvalue weighted by atomic mass is 10.0. The Morgan fingerprint density at radius 2 is 1.65 bits per heavy atom. The van der Waals surface area contributed by atoms with E-state index in [1.54, 1.807) is 11.8 Å². The molecule has 1 heterocycles. The van der Waals surface area contributed by atoms with E-state index >= 15 is 0 Å². The van der Waals surface area contributed by atoms with Gasteiger partial charge in [0.05, 0.1) is 4.91 Å². The van der Waals surface area contributed by atoms with Crippen molar-refractivity contribution >= 4 is 40.1 Å². The Hall–Kier alpha value is -2.52. The second kappa shape index (κ2) is 7.00. The third kappa shape index (κ3) is 2.93. The summed E-state index contributed by atoms with van der Waals surface area (Å²) in [5, 5.41) is 2.16. The standard InChI is InChI=1S/C23H21NOS/c1-3-24(4-2)18-12-9-16(10-13-18)15-21-23(25)22-19-8-6-5-7-17(19)11-14-20(22)26-21/h5-15H,3-4H2,1-2H3. The van der Waals surface area contributed by atoms with E-state index in [1.807, 2.05) is 24.3 Å². The topological polar surface area (TPSA) is 20.3 Å². The van der Waals surface area contributed by atoms with Crippen LogP contribution >= 0.6 is 11.8 Å². The fourth-order valence-corrected chi connectivity index (χ4v) is 4.54. The molecule has 3 heteroatoms. The normalized spacial score (nSPS) is 14.8. The largest absolute Gasteiger partial charge is 0.372 e. The lowest BCUT2D eigenvalue weighted by Crippen LogP contribution is -2.21. The van der Waals surface area contributed by atoms with Crippen molar-refractivity contribution in [2.75, 3.05) is 18.0 Å². The van der Waals surface area contributed by atoms with Gasteiger partial charge in [0, 0.05) is 29.2 Å². The van der Waals surface area contributed by atoms with Crippen LogP contribution in [0.5, 0.6) is 0 Å². The molecular weight excluding hydrogens is 338 g/mol. The lowest BCUT2D eigenvalue weighted by Gasteiger charge is -2.20. The molecule has 0 atom stereocenters. The number of thioether (sulfide) groups is 1. The van der Waals surface area contributed by atoms with Crippen molar-refractivity contribution in [1.82, 2.24) is 0 Å². The van der Waals surface area contributed by atoms with Crippen molar-refractivity contribution in [2.45, 2.75) is 18.7 Å². The minimum Gasteiger partial charge on any atom is -0.372 e. The van der Waals surface area contributed by atoms with E-state index in [1.165, 1.54) is 5.69 Å². The molecule has 0 saturated heterocycles. The second-order valence-electron chi connectivity index (χ2n) is 6.36. The number of carbonyl (C=O) groups is 1. The highest BCUT2D eigenvalue weighted by atomic mass is 32.2. The molecule has 0 unspecified atom stereocenters. The van der Waals surface area contributed by atoms with Crippen LogP contribution in [0.15, 0.2) is 70.5 Å². The molecule has 0 amide bonds. The summed E-state index contributed by atoms with van der Waals surface area (Å²) in [7, 11) is 0.